The van der Waals surface area contributed by atoms with Crippen molar-refractivity contribution >= 4 is 34.9 Å². The maximum absolute atomic E-state index is 14.4. The van der Waals surface area contributed by atoms with E-state index in [1.54, 1.807) is 36.4 Å². The fourth-order valence-electron chi connectivity index (χ4n) is 6.46. The van der Waals surface area contributed by atoms with Crippen LogP contribution in [0.4, 0.5) is 11.4 Å². The number of fused-ring (bicyclic) bond motifs is 6. The lowest BCUT2D eigenvalue weighted by Crippen LogP contribution is -2.51. The third-order valence-electron chi connectivity index (χ3n) is 7.92. The molecule has 0 aliphatic carbocycles. The van der Waals surface area contributed by atoms with Gasteiger partial charge in [-0.05, 0) is 35.4 Å². The Labute approximate surface area is 213 Å². The summed E-state index contributed by atoms with van der Waals surface area (Å²) in [7, 11) is 0. The molecule has 3 aliphatic rings. The zero-order chi connectivity index (χ0) is 25.1. The summed E-state index contributed by atoms with van der Waals surface area (Å²) in [6.07, 6.45) is 5.38. The highest BCUT2D eigenvalue weighted by atomic mass is 16.3. The van der Waals surface area contributed by atoms with E-state index in [-0.39, 0.29) is 23.2 Å². The van der Waals surface area contributed by atoms with E-state index < -0.39 is 23.4 Å². The van der Waals surface area contributed by atoms with Crippen LogP contribution in [0.15, 0.2) is 108 Å². The molecular weight excluding hydrogens is 464 g/mol. The smallest absolute Gasteiger partial charge is 0.238 e. The van der Waals surface area contributed by atoms with Gasteiger partial charge in [0, 0.05) is 16.9 Å². The first-order chi connectivity index (χ1) is 18.1. The van der Waals surface area contributed by atoms with Crippen molar-refractivity contribution in [2.75, 3.05) is 10.2 Å². The third kappa shape index (κ3) is 2.84. The van der Waals surface area contributed by atoms with E-state index in [0.717, 1.165) is 11.3 Å². The summed E-state index contributed by atoms with van der Waals surface area (Å²) < 4.78 is 5.56. The summed E-state index contributed by atoms with van der Waals surface area (Å²) in [5, 5.41) is 3.02. The molecule has 6 heteroatoms. The zero-order valence-corrected chi connectivity index (χ0v) is 19.7. The molecule has 180 valence electrons. The summed E-state index contributed by atoms with van der Waals surface area (Å²) in [5.74, 6) is -1.78. The average Bonchev–Trinajstić information content (AvgIpc) is 3.65. The van der Waals surface area contributed by atoms with Crippen LogP contribution in [-0.2, 0) is 10.2 Å². The summed E-state index contributed by atoms with van der Waals surface area (Å²) in [6, 6.07) is 25.9. The predicted octanol–water partition coefficient (Wildman–Crippen LogP) is 5.14. The number of hydrogen-bond acceptors (Lipinski definition) is 5. The van der Waals surface area contributed by atoms with Crippen LogP contribution < -0.4 is 10.2 Å². The Kier molecular flexibility index (Phi) is 4.60. The minimum Gasteiger partial charge on any atom is -0.461 e. The predicted molar refractivity (Wildman–Crippen MR) is 140 cm³/mol. The molecule has 4 aromatic rings. The van der Waals surface area contributed by atoms with Gasteiger partial charge in [0.15, 0.2) is 11.5 Å². The SMILES string of the molecule is O=C(c1ccccc1)[C@H]1[C@H](C(=O)c2ccco2)[C@]2(C(=O)Nc3ccccc32)[C@H]2C=Cc3ccccc3N12. The Hall–Kier alpha value is -4.71. The number of nitrogens with zero attached hydrogens (tertiary/aromatic N) is 1. The maximum atomic E-state index is 14.4. The second-order valence-corrected chi connectivity index (χ2v) is 9.63. The van der Waals surface area contributed by atoms with E-state index in [4.69, 9.17) is 4.42 Å². The van der Waals surface area contributed by atoms with Crippen LogP contribution in [0, 0.1) is 5.92 Å². The molecule has 7 rings (SSSR count). The normalized spacial score (nSPS) is 24.9. The van der Waals surface area contributed by atoms with Gasteiger partial charge in [-0.25, -0.2) is 0 Å². The summed E-state index contributed by atoms with van der Waals surface area (Å²) in [4.78, 5) is 44.9. The number of nitrogens with one attached hydrogen (secondary N) is 1. The van der Waals surface area contributed by atoms with Gasteiger partial charge in [0.1, 0.15) is 11.5 Å². The zero-order valence-electron chi connectivity index (χ0n) is 19.7. The molecule has 6 nitrogen and oxygen atoms in total. The van der Waals surface area contributed by atoms with Crippen LogP contribution in [0.3, 0.4) is 0 Å². The number of Topliss-reactive ketones (excluding diaryl/α,β-unsaturated/α-hetero) is 2. The highest BCUT2D eigenvalue weighted by molar-refractivity contribution is 6.18. The Morgan fingerprint density at radius 3 is 2.41 bits per heavy atom. The molecule has 0 saturated carbocycles. The number of para-hydroxylation sites is 2. The molecule has 1 fully saturated rings. The van der Waals surface area contributed by atoms with E-state index in [2.05, 4.69) is 5.32 Å². The second-order valence-electron chi connectivity index (χ2n) is 9.63. The Morgan fingerprint density at radius 2 is 1.59 bits per heavy atom. The van der Waals surface area contributed by atoms with Gasteiger partial charge in [0.2, 0.25) is 11.7 Å². The van der Waals surface area contributed by atoms with Crippen molar-refractivity contribution in [1.29, 1.82) is 0 Å². The van der Waals surface area contributed by atoms with Gasteiger partial charge in [-0.15, -0.1) is 0 Å². The van der Waals surface area contributed by atoms with Gasteiger partial charge in [-0.1, -0.05) is 78.9 Å². The van der Waals surface area contributed by atoms with E-state index in [0.29, 0.717) is 16.8 Å². The van der Waals surface area contributed by atoms with E-state index in [1.165, 1.54) is 6.26 Å². The molecule has 1 N–H and O–H groups in total. The molecule has 0 unspecified atom stereocenters. The molecule has 4 heterocycles. The van der Waals surface area contributed by atoms with E-state index in [1.807, 2.05) is 71.6 Å². The number of benzene rings is 3. The van der Waals surface area contributed by atoms with Gasteiger partial charge in [0.25, 0.3) is 0 Å². The van der Waals surface area contributed by atoms with E-state index >= 15 is 0 Å². The molecule has 1 saturated heterocycles. The molecule has 4 atom stereocenters. The number of hydrogen-bond donors (Lipinski definition) is 1. The minimum atomic E-state index is -1.33. The number of carbonyl (C=O) groups is 3. The molecule has 1 aromatic heterocycles. The monoisotopic (exact) mass is 486 g/mol. The highest BCUT2D eigenvalue weighted by Crippen LogP contribution is 2.58. The summed E-state index contributed by atoms with van der Waals surface area (Å²) >= 11 is 0. The first-order valence-corrected chi connectivity index (χ1v) is 12.3. The van der Waals surface area contributed by atoms with Crippen LogP contribution in [0.1, 0.15) is 32.0 Å². The fraction of sp³-hybridized carbons (Fsp3) is 0.129. The number of amides is 1. The minimum absolute atomic E-state index is 0.129. The first-order valence-electron chi connectivity index (χ1n) is 12.3. The second kappa shape index (κ2) is 7.90. The van der Waals surface area contributed by atoms with Crippen molar-refractivity contribution in [3.05, 3.63) is 126 Å². The Morgan fingerprint density at radius 1 is 0.838 bits per heavy atom. The largest absolute Gasteiger partial charge is 0.461 e. The van der Waals surface area contributed by atoms with Gasteiger partial charge >= 0.3 is 0 Å². The fourth-order valence-corrected chi connectivity index (χ4v) is 6.46. The molecule has 0 radical (unpaired) electrons. The highest BCUT2D eigenvalue weighted by Gasteiger charge is 2.70. The van der Waals surface area contributed by atoms with Gasteiger partial charge in [0.05, 0.1) is 18.2 Å². The first kappa shape index (κ1) is 21.6. The standard InChI is InChI=1S/C31H22N2O4/c34-28(20-10-2-1-3-11-20)27-26(29(35)24-15-8-18-37-24)31(21-12-5-6-13-22(21)32-30(31)36)25-17-16-19-9-4-7-14-23(19)33(25)27/h1-18,25-27H,(H,32,36)/t25-,26-,27-,31-/m1/s1. The van der Waals surface area contributed by atoms with Crippen molar-refractivity contribution in [2.24, 2.45) is 5.92 Å². The van der Waals surface area contributed by atoms with Gasteiger partial charge in [-0.3, -0.25) is 14.4 Å². The average molecular weight is 487 g/mol. The quantitative estimate of drug-likeness (QED) is 0.404. The lowest BCUT2D eigenvalue weighted by Gasteiger charge is -2.37. The molecule has 3 aliphatic heterocycles. The van der Waals surface area contributed by atoms with Crippen molar-refractivity contribution in [2.45, 2.75) is 17.5 Å². The topological polar surface area (TPSA) is 79.6 Å². The van der Waals surface area contributed by atoms with Crippen molar-refractivity contribution in [3.8, 4) is 0 Å². The molecular formula is C31H22N2O4. The van der Waals surface area contributed by atoms with Crippen molar-refractivity contribution in [1.82, 2.24) is 0 Å². The number of rotatable bonds is 4. The Bertz CT molecular complexity index is 1590. The maximum Gasteiger partial charge on any atom is 0.238 e. The van der Waals surface area contributed by atoms with Crippen LogP contribution in [0.5, 0.6) is 0 Å². The molecule has 0 bridgehead atoms. The van der Waals surface area contributed by atoms with Crippen molar-refractivity contribution < 1.29 is 18.8 Å². The van der Waals surface area contributed by atoms with Crippen LogP contribution in [-0.4, -0.2) is 29.6 Å². The van der Waals surface area contributed by atoms with Crippen LogP contribution in [0.25, 0.3) is 6.08 Å². The third-order valence-corrected chi connectivity index (χ3v) is 7.92. The Balaban J connectivity index is 1.55. The summed E-state index contributed by atoms with van der Waals surface area (Å²) in [5.41, 5.74) is 2.27. The number of anilines is 2. The molecule has 1 spiro atoms. The molecule has 1 amide bonds. The van der Waals surface area contributed by atoms with Crippen LogP contribution >= 0.6 is 0 Å². The van der Waals surface area contributed by atoms with Crippen molar-refractivity contribution in [3.63, 3.8) is 0 Å². The van der Waals surface area contributed by atoms with Gasteiger partial charge in [-0.2, -0.15) is 0 Å². The van der Waals surface area contributed by atoms with Crippen LogP contribution in [0.2, 0.25) is 0 Å². The number of ketones is 2. The number of carbonyl (C=O) groups excluding carboxylic acids is 3. The summed E-state index contributed by atoms with van der Waals surface area (Å²) in [6.45, 7) is 0. The molecule has 37 heavy (non-hydrogen) atoms. The lowest BCUT2D eigenvalue weighted by atomic mass is 9.64. The van der Waals surface area contributed by atoms with E-state index in [9.17, 15) is 14.4 Å². The number of furan rings is 1. The lowest BCUT2D eigenvalue weighted by molar-refractivity contribution is -0.121. The molecule has 3 aromatic carbocycles. The van der Waals surface area contributed by atoms with Gasteiger partial charge < -0.3 is 14.6 Å².